The van der Waals surface area contributed by atoms with E-state index in [1.54, 1.807) is 18.2 Å². The third-order valence-corrected chi connectivity index (χ3v) is 4.33. The van der Waals surface area contributed by atoms with Gasteiger partial charge in [-0.3, -0.25) is 14.5 Å². The first-order chi connectivity index (χ1) is 12.2. The number of rotatable bonds is 4. The Morgan fingerprint density at radius 2 is 1.85 bits per heavy atom. The number of anilines is 1. The first-order valence-corrected chi connectivity index (χ1v) is 7.95. The molecule has 0 unspecified atom stereocenters. The van der Waals surface area contributed by atoms with Crippen LogP contribution in [0.4, 0.5) is 18.9 Å². The Morgan fingerprint density at radius 3 is 2.44 bits per heavy atom. The summed E-state index contributed by atoms with van der Waals surface area (Å²) in [7, 11) is 0. The number of benzene rings is 1. The van der Waals surface area contributed by atoms with Gasteiger partial charge in [0.05, 0.1) is 18.4 Å². The molecule has 2 N–H and O–H groups in total. The molecule has 0 aromatic heterocycles. The third kappa shape index (κ3) is 4.95. The van der Waals surface area contributed by atoms with Crippen molar-refractivity contribution in [3.8, 4) is 11.5 Å². The summed E-state index contributed by atoms with van der Waals surface area (Å²) in [5.41, 5.74) is 0.417. The van der Waals surface area contributed by atoms with Crippen LogP contribution in [-0.4, -0.2) is 60.9 Å². The molecular formula is C16H18ClF3N2O5. The molecular weight excluding hydrogens is 393 g/mol. The smallest absolute Gasteiger partial charge is 0.393 e. The number of carboxylic acids is 1. The van der Waals surface area contributed by atoms with E-state index in [2.05, 4.69) is 5.32 Å². The van der Waals surface area contributed by atoms with Gasteiger partial charge in [-0.15, -0.1) is 12.4 Å². The van der Waals surface area contributed by atoms with Crippen molar-refractivity contribution < 1.29 is 37.3 Å². The van der Waals surface area contributed by atoms with Crippen molar-refractivity contribution in [2.24, 2.45) is 11.8 Å². The molecule has 1 aromatic carbocycles. The standard InChI is InChI=1S/C16H17F3N2O5.ClH/c17-16(18,19)11-7-21(6-10(11)15(23)24)8-14(22)20-9-1-2-12-13(5-9)26-4-3-25-12;/h1-2,5,10-11H,3-4,6-8H2,(H,20,22)(H,23,24);1H/t10-,11-;/m1./s1. The number of hydrogen-bond acceptors (Lipinski definition) is 5. The molecule has 2 heterocycles. The zero-order valence-electron chi connectivity index (χ0n) is 14.0. The van der Waals surface area contributed by atoms with E-state index in [-0.39, 0.29) is 25.5 Å². The Morgan fingerprint density at radius 1 is 1.19 bits per heavy atom. The Balaban J connectivity index is 0.00000261. The summed E-state index contributed by atoms with van der Waals surface area (Å²) in [6, 6.07) is 4.78. The number of hydrogen-bond donors (Lipinski definition) is 2. The Kier molecular flexibility index (Phi) is 6.42. The number of alkyl halides is 3. The molecule has 7 nitrogen and oxygen atoms in total. The van der Waals surface area contributed by atoms with Gasteiger partial charge in [-0.2, -0.15) is 13.2 Å². The van der Waals surface area contributed by atoms with Gasteiger partial charge in [0.2, 0.25) is 5.91 Å². The van der Waals surface area contributed by atoms with E-state index in [1.807, 2.05) is 0 Å². The summed E-state index contributed by atoms with van der Waals surface area (Å²) >= 11 is 0. The predicted molar refractivity (Wildman–Crippen MR) is 90.4 cm³/mol. The Hall–Kier alpha value is -2.20. The van der Waals surface area contributed by atoms with Crippen LogP contribution in [0.3, 0.4) is 0 Å². The first-order valence-electron chi connectivity index (χ1n) is 7.95. The van der Waals surface area contributed by atoms with E-state index in [4.69, 9.17) is 14.6 Å². The van der Waals surface area contributed by atoms with Crippen LogP contribution in [0.1, 0.15) is 0 Å². The van der Waals surface area contributed by atoms with Gasteiger partial charge < -0.3 is 19.9 Å². The molecule has 1 fully saturated rings. The lowest BCUT2D eigenvalue weighted by Gasteiger charge is -2.20. The summed E-state index contributed by atoms with van der Waals surface area (Å²) < 4.78 is 49.7. The molecule has 11 heteroatoms. The summed E-state index contributed by atoms with van der Waals surface area (Å²) in [4.78, 5) is 24.4. The van der Waals surface area contributed by atoms with Crippen molar-refractivity contribution in [2.75, 3.05) is 38.2 Å². The predicted octanol–water partition coefficient (Wildman–Crippen LogP) is 2.01. The van der Waals surface area contributed by atoms with Gasteiger partial charge in [-0.1, -0.05) is 0 Å². The summed E-state index contributed by atoms with van der Waals surface area (Å²) in [5.74, 6) is -4.58. The largest absolute Gasteiger partial charge is 0.486 e. The number of aliphatic carboxylic acids is 1. The molecule has 1 amide bonds. The van der Waals surface area contributed by atoms with Crippen LogP contribution in [0, 0.1) is 11.8 Å². The minimum absolute atomic E-state index is 0. The summed E-state index contributed by atoms with van der Waals surface area (Å²) in [6.07, 6.45) is -4.62. The molecule has 2 aliphatic rings. The maximum absolute atomic E-state index is 13.0. The molecule has 2 atom stereocenters. The topological polar surface area (TPSA) is 88.1 Å². The molecule has 1 saturated heterocycles. The minimum Gasteiger partial charge on any atom is -0.486 e. The van der Waals surface area contributed by atoms with Crippen LogP contribution >= 0.6 is 12.4 Å². The maximum Gasteiger partial charge on any atom is 0.393 e. The second-order valence-corrected chi connectivity index (χ2v) is 6.19. The molecule has 0 radical (unpaired) electrons. The van der Waals surface area contributed by atoms with Crippen molar-refractivity contribution >= 4 is 30.0 Å². The molecule has 150 valence electrons. The van der Waals surface area contributed by atoms with E-state index in [9.17, 15) is 22.8 Å². The number of nitrogens with zero attached hydrogens (tertiary/aromatic N) is 1. The van der Waals surface area contributed by atoms with Crippen molar-refractivity contribution in [2.45, 2.75) is 6.18 Å². The number of carboxylic acid groups (broad SMARTS) is 1. The number of likely N-dealkylation sites (tertiary alicyclic amines) is 1. The molecule has 0 saturated carbocycles. The van der Waals surface area contributed by atoms with Crippen LogP contribution in [-0.2, 0) is 9.59 Å². The van der Waals surface area contributed by atoms with Crippen molar-refractivity contribution in [3.63, 3.8) is 0 Å². The monoisotopic (exact) mass is 410 g/mol. The van der Waals surface area contributed by atoms with Crippen LogP contribution in [0.2, 0.25) is 0 Å². The van der Waals surface area contributed by atoms with Crippen LogP contribution in [0.25, 0.3) is 0 Å². The number of carbonyl (C=O) groups is 2. The number of halogens is 4. The molecule has 2 aliphatic heterocycles. The highest BCUT2D eigenvalue weighted by Crippen LogP contribution is 2.37. The SMILES string of the molecule is Cl.O=C(CN1C[C@@H](C(F)(F)F)[C@H](C(=O)O)C1)Nc1ccc2c(c1)OCCO2. The Labute approximate surface area is 158 Å². The lowest BCUT2D eigenvalue weighted by atomic mass is 9.96. The summed E-state index contributed by atoms with van der Waals surface area (Å²) in [5, 5.41) is 11.6. The van der Waals surface area contributed by atoms with Gasteiger partial charge in [0.15, 0.2) is 11.5 Å². The van der Waals surface area contributed by atoms with Gasteiger partial charge in [0.25, 0.3) is 0 Å². The minimum atomic E-state index is -4.62. The normalized spacial score (nSPS) is 22.0. The van der Waals surface area contributed by atoms with E-state index in [0.29, 0.717) is 30.4 Å². The molecule has 1 aromatic rings. The second-order valence-electron chi connectivity index (χ2n) is 6.19. The van der Waals surface area contributed by atoms with Crippen LogP contribution in [0.15, 0.2) is 18.2 Å². The fourth-order valence-electron chi connectivity index (χ4n) is 3.12. The van der Waals surface area contributed by atoms with Gasteiger partial charge in [0.1, 0.15) is 13.2 Å². The van der Waals surface area contributed by atoms with Gasteiger partial charge >= 0.3 is 12.1 Å². The lowest BCUT2D eigenvalue weighted by molar-refractivity contribution is -0.188. The van der Waals surface area contributed by atoms with Crippen LogP contribution in [0.5, 0.6) is 11.5 Å². The third-order valence-electron chi connectivity index (χ3n) is 4.33. The zero-order chi connectivity index (χ0) is 18.9. The van der Waals surface area contributed by atoms with E-state index in [0.717, 1.165) is 0 Å². The lowest BCUT2D eigenvalue weighted by Crippen LogP contribution is -2.34. The Bertz CT molecular complexity index is 716. The van der Waals surface area contributed by atoms with Gasteiger partial charge in [0, 0.05) is 24.8 Å². The van der Waals surface area contributed by atoms with Gasteiger partial charge in [-0.25, -0.2) is 0 Å². The molecule has 3 rings (SSSR count). The quantitative estimate of drug-likeness (QED) is 0.789. The highest BCUT2D eigenvalue weighted by atomic mass is 35.5. The number of nitrogens with one attached hydrogen (secondary N) is 1. The van der Waals surface area contributed by atoms with E-state index >= 15 is 0 Å². The zero-order valence-corrected chi connectivity index (χ0v) is 14.8. The average molecular weight is 411 g/mol. The molecule has 0 spiro atoms. The number of ether oxygens (including phenoxy) is 2. The van der Waals surface area contributed by atoms with Crippen molar-refractivity contribution in [1.82, 2.24) is 4.90 Å². The maximum atomic E-state index is 13.0. The summed E-state index contributed by atoms with van der Waals surface area (Å²) in [6.45, 7) is -0.361. The molecule has 27 heavy (non-hydrogen) atoms. The molecule has 0 aliphatic carbocycles. The fourth-order valence-corrected chi connectivity index (χ4v) is 3.12. The van der Waals surface area contributed by atoms with Crippen LogP contribution < -0.4 is 14.8 Å². The van der Waals surface area contributed by atoms with Crippen molar-refractivity contribution in [3.05, 3.63) is 18.2 Å². The highest BCUT2D eigenvalue weighted by molar-refractivity contribution is 5.92. The first kappa shape index (κ1) is 21.1. The average Bonchev–Trinajstić information content (AvgIpc) is 2.99. The van der Waals surface area contributed by atoms with Crippen molar-refractivity contribution in [1.29, 1.82) is 0 Å². The van der Waals surface area contributed by atoms with E-state index in [1.165, 1.54) is 4.90 Å². The number of carbonyl (C=O) groups excluding carboxylic acids is 1. The number of amides is 1. The fraction of sp³-hybridized carbons (Fsp3) is 0.500. The highest BCUT2D eigenvalue weighted by Gasteiger charge is 2.52. The number of fused-ring (bicyclic) bond motifs is 1. The van der Waals surface area contributed by atoms with Gasteiger partial charge in [-0.05, 0) is 12.1 Å². The second kappa shape index (κ2) is 8.22. The van der Waals surface area contributed by atoms with E-state index < -0.39 is 36.4 Å². The molecule has 0 bridgehead atoms.